The molecule has 2 aromatic rings. The van der Waals surface area contributed by atoms with Gasteiger partial charge in [0.15, 0.2) is 0 Å². The average Bonchev–Trinajstić information content (AvgIpc) is 2.89. The van der Waals surface area contributed by atoms with E-state index in [0.717, 1.165) is 30.0 Å². The zero-order valence-electron chi connectivity index (χ0n) is 12.0. The van der Waals surface area contributed by atoms with Crippen molar-refractivity contribution in [3.63, 3.8) is 0 Å². The molecule has 3 rings (SSSR count). The summed E-state index contributed by atoms with van der Waals surface area (Å²) in [5.74, 6) is 1.04. The Morgan fingerprint density at radius 3 is 2.95 bits per heavy atom. The summed E-state index contributed by atoms with van der Waals surface area (Å²) < 4.78 is 0. The number of halogens is 1. The molecular formula is C15H20ClN3S. The number of rotatable bonds is 3. The van der Waals surface area contributed by atoms with Crippen molar-refractivity contribution in [2.24, 2.45) is 0 Å². The maximum absolute atomic E-state index is 6.14. The molecule has 1 unspecified atom stereocenters. The van der Waals surface area contributed by atoms with E-state index in [2.05, 4.69) is 34.8 Å². The number of hydrogen-bond acceptors (Lipinski definition) is 4. The lowest BCUT2D eigenvalue weighted by Gasteiger charge is -2.36. The second kappa shape index (κ2) is 5.86. The van der Waals surface area contributed by atoms with Crippen LogP contribution in [-0.2, 0) is 6.42 Å². The molecule has 0 spiro atoms. The first-order valence-electron chi connectivity index (χ1n) is 7.45. The number of thiophene rings is 1. The van der Waals surface area contributed by atoms with Gasteiger partial charge in [-0.3, -0.25) is 0 Å². The highest BCUT2D eigenvalue weighted by Crippen LogP contribution is 2.35. The third-order valence-corrected chi connectivity index (χ3v) is 5.46. The summed E-state index contributed by atoms with van der Waals surface area (Å²) in [5.41, 5.74) is 0. The van der Waals surface area contributed by atoms with Crippen molar-refractivity contribution in [3.8, 4) is 0 Å². The topological polar surface area (TPSA) is 29.0 Å². The maximum Gasteiger partial charge on any atom is 0.225 e. The molecule has 0 N–H and O–H groups in total. The van der Waals surface area contributed by atoms with Gasteiger partial charge in [-0.15, -0.1) is 11.3 Å². The van der Waals surface area contributed by atoms with Gasteiger partial charge in [0, 0.05) is 17.5 Å². The molecule has 1 aliphatic heterocycles. The van der Waals surface area contributed by atoms with Crippen LogP contribution in [0, 0.1) is 0 Å². The SMILES string of the molecule is CCc1cc2c(N3CCCCC3CC)nc(Cl)nc2s1. The van der Waals surface area contributed by atoms with Crippen LogP contribution in [0.25, 0.3) is 10.2 Å². The van der Waals surface area contributed by atoms with E-state index in [4.69, 9.17) is 11.6 Å². The van der Waals surface area contributed by atoms with Crippen molar-refractivity contribution < 1.29 is 0 Å². The first-order valence-corrected chi connectivity index (χ1v) is 8.65. The normalized spacial score (nSPS) is 19.8. The van der Waals surface area contributed by atoms with Crippen LogP contribution in [0.15, 0.2) is 6.07 Å². The van der Waals surface area contributed by atoms with Crippen LogP contribution in [0.4, 0.5) is 5.82 Å². The van der Waals surface area contributed by atoms with E-state index < -0.39 is 0 Å². The van der Waals surface area contributed by atoms with Gasteiger partial charge < -0.3 is 4.90 Å². The lowest BCUT2D eigenvalue weighted by atomic mass is 10.00. The zero-order chi connectivity index (χ0) is 14.1. The van der Waals surface area contributed by atoms with Crippen LogP contribution in [0.1, 0.15) is 44.4 Å². The van der Waals surface area contributed by atoms with Gasteiger partial charge >= 0.3 is 0 Å². The summed E-state index contributed by atoms with van der Waals surface area (Å²) >= 11 is 7.88. The highest BCUT2D eigenvalue weighted by Gasteiger charge is 2.25. The van der Waals surface area contributed by atoms with Crippen LogP contribution < -0.4 is 4.90 Å². The highest BCUT2D eigenvalue weighted by molar-refractivity contribution is 7.18. The van der Waals surface area contributed by atoms with Gasteiger partial charge in [0.2, 0.25) is 5.28 Å². The highest BCUT2D eigenvalue weighted by atomic mass is 35.5. The summed E-state index contributed by atoms with van der Waals surface area (Å²) in [4.78, 5) is 13.8. The third-order valence-electron chi connectivity index (χ3n) is 4.12. The molecule has 0 aliphatic carbocycles. The Balaban J connectivity index is 2.11. The van der Waals surface area contributed by atoms with Crippen molar-refractivity contribution in [1.29, 1.82) is 0 Å². The standard InChI is InChI=1S/C15H20ClN3S/c1-3-10-7-5-6-8-19(10)13-12-9-11(4-2)20-14(12)18-15(16)17-13/h9-10H,3-8H2,1-2H3. The fraction of sp³-hybridized carbons (Fsp3) is 0.600. The van der Waals surface area contributed by atoms with Crippen molar-refractivity contribution in [2.75, 3.05) is 11.4 Å². The molecule has 108 valence electrons. The van der Waals surface area contributed by atoms with Crippen molar-refractivity contribution in [3.05, 3.63) is 16.2 Å². The average molecular weight is 310 g/mol. The minimum absolute atomic E-state index is 0.373. The lowest BCUT2D eigenvalue weighted by Crippen LogP contribution is -2.39. The third kappa shape index (κ3) is 2.51. The molecule has 1 atom stereocenters. The molecule has 0 bridgehead atoms. The number of aryl methyl sites for hydroxylation is 1. The quantitative estimate of drug-likeness (QED) is 0.771. The summed E-state index contributed by atoms with van der Waals surface area (Å²) in [7, 11) is 0. The first kappa shape index (κ1) is 14.1. The monoisotopic (exact) mass is 309 g/mol. The Labute approximate surface area is 129 Å². The molecule has 2 aromatic heterocycles. The van der Waals surface area contributed by atoms with E-state index in [0.29, 0.717) is 11.3 Å². The molecule has 3 heterocycles. The molecule has 3 nitrogen and oxygen atoms in total. The van der Waals surface area contributed by atoms with Gasteiger partial charge in [0.25, 0.3) is 0 Å². The number of nitrogens with zero attached hydrogens (tertiary/aromatic N) is 3. The second-order valence-corrected chi connectivity index (χ2v) is 6.81. The largest absolute Gasteiger partial charge is 0.353 e. The molecule has 1 fully saturated rings. The van der Waals surface area contributed by atoms with E-state index in [1.54, 1.807) is 11.3 Å². The van der Waals surface area contributed by atoms with E-state index in [1.165, 1.54) is 29.5 Å². The Morgan fingerprint density at radius 2 is 2.20 bits per heavy atom. The summed E-state index contributed by atoms with van der Waals surface area (Å²) in [6.45, 7) is 5.52. The summed E-state index contributed by atoms with van der Waals surface area (Å²) in [6.07, 6.45) is 6.01. The lowest BCUT2D eigenvalue weighted by molar-refractivity contribution is 0.448. The van der Waals surface area contributed by atoms with Crippen molar-refractivity contribution in [1.82, 2.24) is 9.97 Å². The summed E-state index contributed by atoms with van der Waals surface area (Å²) in [5, 5.41) is 1.55. The van der Waals surface area contributed by atoms with Crippen molar-refractivity contribution >= 4 is 39.0 Å². The van der Waals surface area contributed by atoms with Crippen LogP contribution >= 0.6 is 22.9 Å². The van der Waals surface area contributed by atoms with Gasteiger partial charge in [-0.25, -0.2) is 4.98 Å². The van der Waals surface area contributed by atoms with E-state index >= 15 is 0 Å². The van der Waals surface area contributed by atoms with Gasteiger partial charge in [-0.05, 0) is 49.8 Å². The van der Waals surface area contributed by atoms with Crippen LogP contribution in [0.5, 0.6) is 0 Å². The molecule has 0 radical (unpaired) electrons. The zero-order valence-corrected chi connectivity index (χ0v) is 13.6. The maximum atomic E-state index is 6.14. The Morgan fingerprint density at radius 1 is 1.35 bits per heavy atom. The van der Waals surface area contributed by atoms with Gasteiger partial charge in [0.1, 0.15) is 10.6 Å². The number of hydrogen-bond donors (Lipinski definition) is 0. The number of fused-ring (bicyclic) bond motifs is 1. The predicted octanol–water partition coefficient (Wildman–Crippen LogP) is 4.68. The minimum Gasteiger partial charge on any atom is -0.353 e. The Bertz CT molecular complexity index is 610. The second-order valence-electron chi connectivity index (χ2n) is 5.35. The fourth-order valence-corrected chi connectivity index (χ4v) is 4.20. The molecule has 0 saturated carbocycles. The van der Waals surface area contributed by atoms with Crippen LogP contribution in [-0.4, -0.2) is 22.6 Å². The number of aromatic nitrogens is 2. The van der Waals surface area contributed by atoms with Gasteiger partial charge in [-0.2, -0.15) is 4.98 Å². The molecule has 0 amide bonds. The van der Waals surface area contributed by atoms with Crippen molar-refractivity contribution in [2.45, 2.75) is 52.0 Å². The molecular weight excluding hydrogens is 290 g/mol. The fourth-order valence-electron chi connectivity index (χ4n) is 3.03. The molecule has 20 heavy (non-hydrogen) atoms. The Hall–Kier alpha value is -0.870. The minimum atomic E-state index is 0.373. The molecule has 1 saturated heterocycles. The number of anilines is 1. The first-order chi connectivity index (χ1) is 9.72. The number of piperidine rings is 1. The van der Waals surface area contributed by atoms with Crippen LogP contribution in [0.3, 0.4) is 0 Å². The summed E-state index contributed by atoms with van der Waals surface area (Å²) in [6, 6.07) is 2.83. The molecule has 5 heteroatoms. The predicted molar refractivity (Wildman–Crippen MR) is 87.1 cm³/mol. The van der Waals surface area contributed by atoms with Gasteiger partial charge in [0.05, 0.1) is 5.39 Å². The molecule has 1 aliphatic rings. The smallest absolute Gasteiger partial charge is 0.225 e. The van der Waals surface area contributed by atoms with E-state index in [1.807, 2.05) is 0 Å². The Kier molecular flexibility index (Phi) is 4.13. The van der Waals surface area contributed by atoms with E-state index in [9.17, 15) is 0 Å². The van der Waals surface area contributed by atoms with Crippen LogP contribution in [0.2, 0.25) is 5.28 Å². The molecule has 0 aromatic carbocycles. The van der Waals surface area contributed by atoms with Gasteiger partial charge in [-0.1, -0.05) is 13.8 Å². The van der Waals surface area contributed by atoms with E-state index in [-0.39, 0.29) is 0 Å².